The molecule has 2 unspecified atom stereocenters. The molecule has 6 nitrogen and oxygen atoms in total. The Bertz CT molecular complexity index is 870. The smallest absolute Gasteiger partial charge is 0.342 e. The fraction of sp³-hybridized carbons (Fsp3) is 0.312. The molecule has 2 heterocycles. The predicted molar refractivity (Wildman–Crippen MR) is 93.6 cm³/mol. The second-order valence-electron chi connectivity index (χ2n) is 5.87. The molecule has 3 rings (SSSR count). The van der Waals surface area contributed by atoms with Crippen LogP contribution in [0, 0.1) is 6.92 Å². The summed E-state index contributed by atoms with van der Waals surface area (Å²) in [5.74, 6) is -0.519. The molecule has 0 saturated carbocycles. The van der Waals surface area contributed by atoms with Gasteiger partial charge in [-0.1, -0.05) is 23.7 Å². The van der Waals surface area contributed by atoms with Crippen molar-refractivity contribution in [1.29, 1.82) is 0 Å². The summed E-state index contributed by atoms with van der Waals surface area (Å²) in [6.45, 7) is 1.54. The van der Waals surface area contributed by atoms with Gasteiger partial charge in [0.2, 0.25) is 5.91 Å². The van der Waals surface area contributed by atoms with E-state index in [-0.39, 0.29) is 17.1 Å². The van der Waals surface area contributed by atoms with E-state index in [1.807, 2.05) is 0 Å². The van der Waals surface area contributed by atoms with E-state index in [4.69, 9.17) is 11.6 Å². The standard InChI is InChI=1S/C16H14ClF3N4O2S/c1-7-12(27-14(22-7)16(18,19)20)11(8-2-4-9(17)5-3-8)24-13(25)10-6-21-15(26)23-10/h2-5,10-11H,6H2,1H3,(H,24,25)(H2,21,23,26). The van der Waals surface area contributed by atoms with E-state index in [2.05, 4.69) is 20.9 Å². The molecule has 11 heteroatoms. The number of thiazole rings is 1. The lowest BCUT2D eigenvalue weighted by molar-refractivity contribution is -0.137. The van der Waals surface area contributed by atoms with Gasteiger partial charge in [0.15, 0.2) is 5.01 Å². The van der Waals surface area contributed by atoms with Crippen LogP contribution in [0.5, 0.6) is 0 Å². The van der Waals surface area contributed by atoms with E-state index in [0.29, 0.717) is 21.9 Å². The van der Waals surface area contributed by atoms with Gasteiger partial charge in [-0.3, -0.25) is 4.79 Å². The Kier molecular flexibility index (Phi) is 5.29. The van der Waals surface area contributed by atoms with Crippen molar-refractivity contribution in [3.63, 3.8) is 0 Å². The quantitative estimate of drug-likeness (QED) is 0.713. The maximum absolute atomic E-state index is 13.0. The molecule has 0 bridgehead atoms. The average Bonchev–Trinajstić information content (AvgIpc) is 3.19. The first-order chi connectivity index (χ1) is 12.6. The van der Waals surface area contributed by atoms with E-state index in [9.17, 15) is 22.8 Å². The number of carbonyl (C=O) groups excluding carboxylic acids is 2. The van der Waals surface area contributed by atoms with Crippen molar-refractivity contribution in [1.82, 2.24) is 20.9 Å². The molecule has 1 fully saturated rings. The molecule has 2 atom stereocenters. The molecule has 27 heavy (non-hydrogen) atoms. The van der Waals surface area contributed by atoms with E-state index >= 15 is 0 Å². The fourth-order valence-electron chi connectivity index (χ4n) is 2.61. The molecule has 3 N–H and O–H groups in total. The van der Waals surface area contributed by atoms with E-state index in [1.54, 1.807) is 24.3 Å². The summed E-state index contributed by atoms with van der Waals surface area (Å²) in [5.41, 5.74) is 0.715. The zero-order valence-electron chi connectivity index (χ0n) is 13.9. The third-order valence-electron chi connectivity index (χ3n) is 3.92. The monoisotopic (exact) mass is 418 g/mol. The van der Waals surface area contributed by atoms with Gasteiger partial charge < -0.3 is 16.0 Å². The van der Waals surface area contributed by atoms with E-state index in [0.717, 1.165) is 0 Å². The largest absolute Gasteiger partial charge is 0.443 e. The Balaban J connectivity index is 1.95. The minimum Gasteiger partial charge on any atom is -0.342 e. The number of aryl methyl sites for hydroxylation is 1. The SMILES string of the molecule is Cc1nc(C(F)(F)F)sc1C(NC(=O)C1CNC(=O)N1)c1ccc(Cl)cc1. The molecule has 2 aromatic rings. The second kappa shape index (κ2) is 7.35. The Labute approximate surface area is 161 Å². The van der Waals surface area contributed by atoms with Gasteiger partial charge in [-0.05, 0) is 24.6 Å². The number of nitrogens with zero attached hydrogens (tertiary/aromatic N) is 1. The van der Waals surface area contributed by atoms with Gasteiger partial charge in [-0.2, -0.15) is 13.2 Å². The summed E-state index contributed by atoms with van der Waals surface area (Å²) in [4.78, 5) is 27.6. The Morgan fingerprint density at radius 3 is 2.56 bits per heavy atom. The highest BCUT2D eigenvalue weighted by Crippen LogP contribution is 2.38. The highest BCUT2D eigenvalue weighted by molar-refractivity contribution is 7.12. The molecular formula is C16H14ClF3N4O2S. The molecule has 1 aliphatic heterocycles. The highest BCUT2D eigenvalue weighted by atomic mass is 35.5. The van der Waals surface area contributed by atoms with Crippen molar-refractivity contribution in [3.05, 3.63) is 50.4 Å². The summed E-state index contributed by atoms with van der Waals surface area (Å²) >= 11 is 6.35. The zero-order chi connectivity index (χ0) is 19.8. The van der Waals surface area contributed by atoms with Crippen LogP contribution in [0.3, 0.4) is 0 Å². The van der Waals surface area contributed by atoms with Crippen LogP contribution in [0.1, 0.15) is 27.2 Å². The predicted octanol–water partition coefficient (Wildman–Crippen LogP) is 3.01. The van der Waals surface area contributed by atoms with Crippen LogP contribution < -0.4 is 16.0 Å². The number of nitrogens with one attached hydrogen (secondary N) is 3. The van der Waals surface area contributed by atoms with Crippen molar-refractivity contribution >= 4 is 34.9 Å². The summed E-state index contributed by atoms with van der Waals surface area (Å²) in [6.07, 6.45) is -4.58. The summed E-state index contributed by atoms with van der Waals surface area (Å²) < 4.78 is 39.1. The number of amides is 3. The molecule has 1 aromatic carbocycles. The number of halogens is 4. The van der Waals surface area contributed by atoms with Crippen molar-refractivity contribution in [2.24, 2.45) is 0 Å². The Hall–Kier alpha value is -2.33. The molecule has 1 aliphatic rings. The van der Waals surface area contributed by atoms with Crippen molar-refractivity contribution in [3.8, 4) is 0 Å². The van der Waals surface area contributed by atoms with Crippen LogP contribution in [0.2, 0.25) is 5.02 Å². The minimum absolute atomic E-state index is 0.0908. The van der Waals surface area contributed by atoms with Crippen LogP contribution in [0.25, 0.3) is 0 Å². The molecular weight excluding hydrogens is 405 g/mol. The summed E-state index contributed by atoms with van der Waals surface area (Å²) in [7, 11) is 0. The number of carbonyl (C=O) groups is 2. The molecule has 0 radical (unpaired) electrons. The highest BCUT2D eigenvalue weighted by Gasteiger charge is 2.37. The van der Waals surface area contributed by atoms with Crippen LogP contribution in [0.15, 0.2) is 24.3 Å². The summed E-state index contributed by atoms with van der Waals surface area (Å²) in [6, 6.07) is 4.23. The molecule has 144 valence electrons. The second-order valence-corrected chi connectivity index (χ2v) is 7.33. The van der Waals surface area contributed by atoms with E-state index < -0.39 is 35.2 Å². The zero-order valence-corrected chi connectivity index (χ0v) is 15.4. The van der Waals surface area contributed by atoms with Gasteiger partial charge >= 0.3 is 12.2 Å². The molecule has 0 spiro atoms. The minimum atomic E-state index is -4.58. The molecule has 0 aliphatic carbocycles. The van der Waals surface area contributed by atoms with Gasteiger partial charge in [0.25, 0.3) is 0 Å². The third-order valence-corrected chi connectivity index (χ3v) is 5.43. The number of aromatic nitrogens is 1. The van der Waals surface area contributed by atoms with Gasteiger partial charge in [0.1, 0.15) is 6.04 Å². The Morgan fingerprint density at radius 2 is 2.04 bits per heavy atom. The number of alkyl halides is 3. The lowest BCUT2D eigenvalue weighted by Crippen LogP contribution is -2.44. The first kappa shape index (κ1) is 19.4. The number of hydrogen-bond donors (Lipinski definition) is 3. The van der Waals surface area contributed by atoms with Crippen molar-refractivity contribution in [2.75, 3.05) is 6.54 Å². The van der Waals surface area contributed by atoms with Gasteiger partial charge in [0.05, 0.1) is 16.6 Å². The molecule has 1 saturated heterocycles. The normalized spacial score (nSPS) is 18.0. The van der Waals surface area contributed by atoms with Crippen molar-refractivity contribution in [2.45, 2.75) is 25.2 Å². The first-order valence-electron chi connectivity index (χ1n) is 7.80. The third kappa shape index (κ3) is 4.33. The van der Waals surface area contributed by atoms with Crippen LogP contribution >= 0.6 is 22.9 Å². The topological polar surface area (TPSA) is 83.1 Å². The number of urea groups is 1. The van der Waals surface area contributed by atoms with Gasteiger partial charge in [-0.25, -0.2) is 9.78 Å². The van der Waals surface area contributed by atoms with Gasteiger partial charge in [-0.15, -0.1) is 11.3 Å². The van der Waals surface area contributed by atoms with Crippen LogP contribution in [0.4, 0.5) is 18.0 Å². The van der Waals surface area contributed by atoms with E-state index in [1.165, 1.54) is 6.92 Å². The number of benzene rings is 1. The Morgan fingerprint density at radius 1 is 1.37 bits per heavy atom. The molecule has 3 amide bonds. The first-order valence-corrected chi connectivity index (χ1v) is 8.99. The lowest BCUT2D eigenvalue weighted by atomic mass is 10.0. The van der Waals surface area contributed by atoms with Crippen LogP contribution in [-0.2, 0) is 11.0 Å². The average molecular weight is 419 g/mol. The number of hydrogen-bond acceptors (Lipinski definition) is 4. The number of rotatable bonds is 4. The molecule has 1 aromatic heterocycles. The fourth-order valence-corrected chi connectivity index (χ4v) is 3.75. The van der Waals surface area contributed by atoms with Crippen LogP contribution in [-0.4, -0.2) is 29.5 Å². The van der Waals surface area contributed by atoms with Gasteiger partial charge in [0, 0.05) is 11.6 Å². The summed E-state index contributed by atoms with van der Waals surface area (Å²) in [5, 5.41) is 7.07. The van der Waals surface area contributed by atoms with Crippen molar-refractivity contribution < 1.29 is 22.8 Å². The maximum atomic E-state index is 13.0. The lowest BCUT2D eigenvalue weighted by Gasteiger charge is -2.20. The maximum Gasteiger partial charge on any atom is 0.443 e.